The Labute approximate surface area is 118 Å². The van der Waals surface area contributed by atoms with Crippen LogP contribution in [0.25, 0.3) is 10.2 Å². The number of fused-ring (bicyclic) bond motifs is 1. The molecule has 0 saturated carbocycles. The molecule has 0 aliphatic carbocycles. The molecule has 1 aromatic heterocycles. The molecule has 0 spiro atoms. The highest BCUT2D eigenvalue weighted by molar-refractivity contribution is 7.22. The minimum atomic E-state index is 0.824. The van der Waals surface area contributed by atoms with Crippen LogP contribution < -0.4 is 10.6 Å². The molecule has 1 fully saturated rings. The number of rotatable bonds is 2. The molecule has 1 unspecified atom stereocenters. The second-order valence-electron chi connectivity index (χ2n) is 5.42. The summed E-state index contributed by atoms with van der Waals surface area (Å²) in [5.74, 6) is 0.898. The lowest BCUT2D eigenvalue weighted by molar-refractivity contribution is 0.459. The molecule has 1 atom stereocenters. The summed E-state index contributed by atoms with van der Waals surface area (Å²) in [5.41, 5.74) is 7.74. The minimum absolute atomic E-state index is 0.824. The van der Waals surface area contributed by atoms with Gasteiger partial charge in [0.1, 0.15) is 0 Å². The van der Waals surface area contributed by atoms with Crippen molar-refractivity contribution in [3.8, 4) is 0 Å². The van der Waals surface area contributed by atoms with Crippen LogP contribution in [-0.2, 0) is 0 Å². The molecule has 1 saturated heterocycles. The van der Waals surface area contributed by atoms with E-state index in [9.17, 15) is 0 Å². The zero-order chi connectivity index (χ0) is 13.2. The van der Waals surface area contributed by atoms with E-state index in [0.29, 0.717) is 0 Å². The lowest BCUT2D eigenvalue weighted by atomic mass is 9.98. The Balaban J connectivity index is 1.83. The van der Waals surface area contributed by atoms with Gasteiger partial charge in [0.05, 0.1) is 10.2 Å². The van der Waals surface area contributed by atoms with Crippen LogP contribution in [0.5, 0.6) is 0 Å². The van der Waals surface area contributed by atoms with Gasteiger partial charge < -0.3 is 10.6 Å². The van der Waals surface area contributed by atoms with E-state index in [1.54, 1.807) is 11.3 Å². The molecule has 0 bridgehead atoms. The van der Waals surface area contributed by atoms with Crippen LogP contribution in [0.3, 0.4) is 0 Å². The Morgan fingerprint density at radius 3 is 3.11 bits per heavy atom. The summed E-state index contributed by atoms with van der Waals surface area (Å²) in [4.78, 5) is 7.21. The smallest absolute Gasteiger partial charge is 0.186 e. The van der Waals surface area contributed by atoms with Gasteiger partial charge in [-0.1, -0.05) is 24.7 Å². The number of nitrogens with zero attached hydrogens (tertiary/aromatic N) is 2. The largest absolute Gasteiger partial charge is 0.399 e. The fourth-order valence-electron chi connectivity index (χ4n) is 2.83. The van der Waals surface area contributed by atoms with Gasteiger partial charge in [-0.15, -0.1) is 0 Å². The first-order valence-electron chi connectivity index (χ1n) is 7.17. The molecule has 2 heterocycles. The number of benzene rings is 1. The number of hydrogen-bond donors (Lipinski definition) is 1. The third kappa shape index (κ3) is 2.68. The van der Waals surface area contributed by atoms with Crippen molar-refractivity contribution in [1.82, 2.24) is 4.98 Å². The number of aromatic nitrogens is 1. The van der Waals surface area contributed by atoms with Crippen LogP contribution in [-0.4, -0.2) is 18.1 Å². The quantitative estimate of drug-likeness (QED) is 0.845. The fraction of sp³-hybridized carbons (Fsp3) is 0.533. The molecule has 1 aromatic carbocycles. The van der Waals surface area contributed by atoms with E-state index in [4.69, 9.17) is 10.7 Å². The molecule has 1 aliphatic rings. The van der Waals surface area contributed by atoms with Crippen molar-refractivity contribution in [2.45, 2.75) is 32.6 Å². The molecule has 19 heavy (non-hydrogen) atoms. The van der Waals surface area contributed by atoms with E-state index in [0.717, 1.165) is 35.3 Å². The summed E-state index contributed by atoms with van der Waals surface area (Å²) in [6.07, 6.45) is 5.26. The van der Waals surface area contributed by atoms with Gasteiger partial charge in [0, 0.05) is 18.8 Å². The summed E-state index contributed by atoms with van der Waals surface area (Å²) in [5, 5.41) is 1.16. The Hall–Kier alpha value is -1.29. The number of thiazole rings is 1. The van der Waals surface area contributed by atoms with Crippen molar-refractivity contribution in [2.24, 2.45) is 5.92 Å². The first-order valence-corrected chi connectivity index (χ1v) is 7.99. The van der Waals surface area contributed by atoms with Gasteiger partial charge in [-0.25, -0.2) is 4.98 Å². The van der Waals surface area contributed by atoms with Crippen LogP contribution >= 0.6 is 11.3 Å². The summed E-state index contributed by atoms with van der Waals surface area (Å²) < 4.78 is 1.20. The number of nitrogens with two attached hydrogens (primary N) is 1. The van der Waals surface area contributed by atoms with Gasteiger partial charge in [0.25, 0.3) is 0 Å². The van der Waals surface area contributed by atoms with Crippen LogP contribution in [0.2, 0.25) is 0 Å². The van der Waals surface area contributed by atoms with Crippen molar-refractivity contribution >= 4 is 32.4 Å². The SMILES string of the molecule is CCC1CCCN(c2nc3ccc(N)cc3s2)CC1. The first kappa shape index (κ1) is 12.7. The lowest BCUT2D eigenvalue weighted by Gasteiger charge is -2.19. The van der Waals surface area contributed by atoms with Crippen LogP contribution in [0.4, 0.5) is 10.8 Å². The van der Waals surface area contributed by atoms with Crippen LogP contribution in [0.15, 0.2) is 18.2 Å². The van der Waals surface area contributed by atoms with Gasteiger partial charge in [0.15, 0.2) is 5.13 Å². The highest BCUT2D eigenvalue weighted by Crippen LogP contribution is 2.32. The maximum atomic E-state index is 5.84. The number of nitrogen functional groups attached to an aromatic ring is 1. The van der Waals surface area contributed by atoms with Gasteiger partial charge in [-0.2, -0.15) is 0 Å². The van der Waals surface area contributed by atoms with E-state index in [1.165, 1.54) is 30.4 Å². The minimum Gasteiger partial charge on any atom is -0.399 e. The highest BCUT2D eigenvalue weighted by Gasteiger charge is 2.18. The zero-order valence-corrected chi connectivity index (χ0v) is 12.2. The van der Waals surface area contributed by atoms with E-state index in [-0.39, 0.29) is 0 Å². The molecule has 2 N–H and O–H groups in total. The predicted molar refractivity (Wildman–Crippen MR) is 83.9 cm³/mol. The van der Waals surface area contributed by atoms with Crippen molar-refractivity contribution in [3.05, 3.63) is 18.2 Å². The van der Waals surface area contributed by atoms with Gasteiger partial charge in [-0.05, 0) is 43.4 Å². The number of hydrogen-bond acceptors (Lipinski definition) is 4. The van der Waals surface area contributed by atoms with Crippen LogP contribution in [0.1, 0.15) is 32.6 Å². The predicted octanol–water partition coefficient (Wildman–Crippen LogP) is 3.90. The first-order chi connectivity index (χ1) is 9.26. The maximum absolute atomic E-state index is 5.84. The van der Waals surface area contributed by atoms with Crippen molar-refractivity contribution in [1.29, 1.82) is 0 Å². The molecule has 1 aliphatic heterocycles. The van der Waals surface area contributed by atoms with Crippen molar-refractivity contribution in [3.63, 3.8) is 0 Å². The molecular weight excluding hydrogens is 254 g/mol. The maximum Gasteiger partial charge on any atom is 0.186 e. The van der Waals surface area contributed by atoms with E-state index in [2.05, 4.69) is 11.8 Å². The normalized spacial score (nSPS) is 20.7. The molecule has 3 nitrogen and oxygen atoms in total. The number of anilines is 2. The average molecular weight is 275 g/mol. The lowest BCUT2D eigenvalue weighted by Crippen LogP contribution is -2.23. The monoisotopic (exact) mass is 275 g/mol. The fourth-order valence-corrected chi connectivity index (χ4v) is 3.89. The molecule has 0 radical (unpaired) electrons. The topological polar surface area (TPSA) is 42.2 Å². The second-order valence-corrected chi connectivity index (χ2v) is 6.42. The second kappa shape index (κ2) is 5.37. The van der Waals surface area contributed by atoms with E-state index < -0.39 is 0 Å². The Morgan fingerprint density at radius 2 is 2.26 bits per heavy atom. The highest BCUT2D eigenvalue weighted by atomic mass is 32.1. The van der Waals surface area contributed by atoms with Gasteiger partial charge in [-0.3, -0.25) is 0 Å². The molecule has 102 valence electrons. The zero-order valence-electron chi connectivity index (χ0n) is 11.4. The summed E-state index contributed by atoms with van der Waals surface area (Å²) in [7, 11) is 0. The Morgan fingerprint density at radius 1 is 1.37 bits per heavy atom. The van der Waals surface area contributed by atoms with Crippen LogP contribution in [0, 0.1) is 5.92 Å². The summed E-state index contributed by atoms with van der Waals surface area (Å²) >= 11 is 1.77. The summed E-state index contributed by atoms with van der Waals surface area (Å²) in [6, 6.07) is 5.99. The third-order valence-electron chi connectivity index (χ3n) is 4.10. The Kier molecular flexibility index (Phi) is 3.60. The average Bonchev–Trinajstić information content (AvgIpc) is 2.68. The van der Waals surface area contributed by atoms with Crippen molar-refractivity contribution in [2.75, 3.05) is 23.7 Å². The summed E-state index contributed by atoms with van der Waals surface area (Å²) in [6.45, 7) is 4.60. The van der Waals surface area contributed by atoms with Gasteiger partial charge in [0.2, 0.25) is 0 Å². The molecule has 4 heteroatoms. The van der Waals surface area contributed by atoms with E-state index >= 15 is 0 Å². The van der Waals surface area contributed by atoms with Crippen molar-refractivity contribution < 1.29 is 0 Å². The third-order valence-corrected chi connectivity index (χ3v) is 5.18. The molecular formula is C15H21N3S. The molecule has 2 aromatic rings. The molecule has 3 rings (SSSR count). The molecule has 0 amide bonds. The standard InChI is InChI=1S/C15H21N3S/c1-2-11-4-3-8-18(9-7-11)15-17-13-6-5-12(16)10-14(13)19-15/h5-6,10-11H,2-4,7-9,16H2,1H3. The van der Waals surface area contributed by atoms with Gasteiger partial charge >= 0.3 is 0 Å². The van der Waals surface area contributed by atoms with E-state index in [1.807, 2.05) is 18.2 Å². The Bertz CT molecular complexity index is 564.